The van der Waals surface area contributed by atoms with Gasteiger partial charge in [-0.15, -0.1) is 0 Å². The average Bonchev–Trinajstić information content (AvgIpc) is 3.06. The molecular weight excluding hydrogens is 358 g/mol. The van der Waals surface area contributed by atoms with E-state index >= 15 is 0 Å². The van der Waals surface area contributed by atoms with Crippen LogP contribution in [0.3, 0.4) is 0 Å². The zero-order chi connectivity index (χ0) is 18.7. The van der Waals surface area contributed by atoms with E-state index in [2.05, 4.69) is 15.5 Å². The predicted octanol–water partition coefficient (Wildman–Crippen LogP) is 0.244. The molecule has 1 aliphatic heterocycles. The number of aromatic nitrogens is 2. The van der Waals surface area contributed by atoms with Gasteiger partial charge in [0, 0.05) is 38.8 Å². The maximum Gasteiger partial charge on any atom is 0.254 e. The summed E-state index contributed by atoms with van der Waals surface area (Å²) in [4.78, 5) is 18.2. The molecule has 0 aliphatic carbocycles. The first kappa shape index (κ1) is 18.5. The van der Waals surface area contributed by atoms with Gasteiger partial charge in [-0.1, -0.05) is 11.2 Å². The van der Waals surface area contributed by atoms with Crippen LogP contribution in [0.15, 0.2) is 33.7 Å². The summed E-state index contributed by atoms with van der Waals surface area (Å²) < 4.78 is 32.0. The van der Waals surface area contributed by atoms with Crippen LogP contribution in [0, 0.1) is 6.92 Å². The van der Waals surface area contributed by atoms with Gasteiger partial charge in [0.05, 0.1) is 11.4 Å². The van der Waals surface area contributed by atoms with E-state index in [9.17, 15) is 13.2 Å². The van der Waals surface area contributed by atoms with E-state index in [1.165, 1.54) is 21.3 Å². The summed E-state index contributed by atoms with van der Waals surface area (Å²) in [6.45, 7) is 3.90. The summed E-state index contributed by atoms with van der Waals surface area (Å²) in [5.74, 6) is 0.492. The van der Waals surface area contributed by atoms with E-state index in [1.807, 2.05) is 0 Å². The van der Waals surface area contributed by atoms with Crippen molar-refractivity contribution in [2.24, 2.45) is 0 Å². The molecule has 1 N–H and O–H groups in total. The first-order chi connectivity index (χ1) is 12.4. The highest BCUT2D eigenvalue weighted by molar-refractivity contribution is 7.89. The minimum absolute atomic E-state index is 0.118. The summed E-state index contributed by atoms with van der Waals surface area (Å²) in [7, 11) is -2.02. The lowest BCUT2D eigenvalue weighted by atomic mass is 10.2. The van der Waals surface area contributed by atoms with E-state index < -0.39 is 10.0 Å². The van der Waals surface area contributed by atoms with E-state index in [0.29, 0.717) is 43.5 Å². The smallest absolute Gasteiger partial charge is 0.254 e. The number of hydrogen-bond acceptors (Lipinski definition) is 7. The van der Waals surface area contributed by atoms with Crippen LogP contribution in [0.5, 0.6) is 0 Å². The van der Waals surface area contributed by atoms with Crippen molar-refractivity contribution in [3.8, 4) is 0 Å². The van der Waals surface area contributed by atoms with Crippen LogP contribution < -0.4 is 5.32 Å². The topological polar surface area (TPSA) is 109 Å². The number of piperazine rings is 1. The zero-order valence-corrected chi connectivity index (χ0v) is 15.5. The Morgan fingerprint density at radius 2 is 2.08 bits per heavy atom. The lowest BCUT2D eigenvalue weighted by Gasteiger charge is -2.26. The highest BCUT2D eigenvalue weighted by atomic mass is 32.2. The van der Waals surface area contributed by atoms with Crippen molar-refractivity contribution in [2.45, 2.75) is 18.4 Å². The first-order valence-electron chi connectivity index (χ1n) is 8.23. The largest absolute Gasteiger partial charge is 0.337 e. The summed E-state index contributed by atoms with van der Waals surface area (Å²) in [6.07, 6.45) is 0. The fourth-order valence-corrected chi connectivity index (χ4v) is 4.21. The molecule has 140 valence electrons. The predicted molar refractivity (Wildman–Crippen MR) is 92.9 cm³/mol. The van der Waals surface area contributed by atoms with Crippen LogP contribution in [-0.4, -0.2) is 66.9 Å². The molecule has 0 radical (unpaired) electrons. The van der Waals surface area contributed by atoms with E-state index in [-0.39, 0.29) is 17.3 Å². The Bertz CT molecular complexity index is 890. The molecule has 3 rings (SSSR count). The lowest BCUT2D eigenvalue weighted by Crippen LogP contribution is -2.46. The highest BCUT2D eigenvalue weighted by Crippen LogP contribution is 2.18. The number of aryl methyl sites for hydroxylation is 1. The average molecular weight is 379 g/mol. The number of amides is 1. The molecule has 0 bridgehead atoms. The van der Waals surface area contributed by atoms with Gasteiger partial charge >= 0.3 is 0 Å². The Labute approximate surface area is 152 Å². The van der Waals surface area contributed by atoms with Gasteiger partial charge in [0.2, 0.25) is 15.9 Å². The van der Waals surface area contributed by atoms with Crippen molar-refractivity contribution in [1.82, 2.24) is 24.7 Å². The summed E-state index contributed by atoms with van der Waals surface area (Å²) in [5.41, 5.74) is 0.292. The zero-order valence-electron chi connectivity index (χ0n) is 14.7. The highest BCUT2D eigenvalue weighted by Gasteiger charge is 2.27. The number of benzene rings is 1. The van der Waals surface area contributed by atoms with Crippen molar-refractivity contribution < 1.29 is 17.7 Å². The Hall–Kier alpha value is -2.30. The van der Waals surface area contributed by atoms with Crippen LogP contribution in [0.1, 0.15) is 22.1 Å². The van der Waals surface area contributed by atoms with Crippen LogP contribution in [0.4, 0.5) is 0 Å². The fourth-order valence-electron chi connectivity index (χ4n) is 2.72. The second kappa shape index (κ2) is 7.52. The third-order valence-corrected chi connectivity index (χ3v) is 5.98. The Balaban J connectivity index is 1.78. The lowest BCUT2D eigenvalue weighted by molar-refractivity contribution is 0.0769. The molecule has 1 aromatic heterocycles. The molecule has 1 aromatic carbocycles. The molecule has 0 spiro atoms. The molecule has 0 saturated carbocycles. The van der Waals surface area contributed by atoms with Crippen LogP contribution in [-0.2, 0) is 16.6 Å². The van der Waals surface area contributed by atoms with Gasteiger partial charge in [-0.3, -0.25) is 4.79 Å². The number of carbonyl (C=O) groups is 1. The summed E-state index contributed by atoms with van der Waals surface area (Å²) >= 11 is 0. The Morgan fingerprint density at radius 1 is 1.35 bits per heavy atom. The van der Waals surface area contributed by atoms with E-state index in [0.717, 1.165) is 0 Å². The minimum atomic E-state index is -3.62. The van der Waals surface area contributed by atoms with Crippen molar-refractivity contribution in [2.75, 3.05) is 33.2 Å². The van der Waals surface area contributed by atoms with Crippen molar-refractivity contribution in [1.29, 1.82) is 0 Å². The van der Waals surface area contributed by atoms with Gasteiger partial charge in [0.25, 0.3) is 5.91 Å². The first-order valence-corrected chi connectivity index (χ1v) is 9.67. The molecule has 10 heteroatoms. The van der Waals surface area contributed by atoms with Crippen LogP contribution in [0.2, 0.25) is 0 Å². The summed E-state index contributed by atoms with van der Waals surface area (Å²) in [5, 5.41) is 6.81. The maximum absolute atomic E-state index is 12.8. The molecule has 1 aliphatic rings. The Morgan fingerprint density at radius 3 is 2.73 bits per heavy atom. The van der Waals surface area contributed by atoms with Gasteiger partial charge in [-0.05, 0) is 25.1 Å². The van der Waals surface area contributed by atoms with Crippen molar-refractivity contribution in [3.63, 3.8) is 0 Å². The van der Waals surface area contributed by atoms with E-state index in [1.54, 1.807) is 26.1 Å². The summed E-state index contributed by atoms with van der Waals surface area (Å²) in [6, 6.07) is 6.09. The van der Waals surface area contributed by atoms with Crippen LogP contribution >= 0.6 is 0 Å². The number of nitrogens with one attached hydrogen (secondary N) is 1. The molecule has 26 heavy (non-hydrogen) atoms. The molecule has 9 nitrogen and oxygen atoms in total. The van der Waals surface area contributed by atoms with Gasteiger partial charge < -0.3 is 14.7 Å². The van der Waals surface area contributed by atoms with E-state index in [4.69, 9.17) is 4.52 Å². The van der Waals surface area contributed by atoms with Crippen LogP contribution in [0.25, 0.3) is 0 Å². The molecule has 2 heterocycles. The second-order valence-electron chi connectivity index (χ2n) is 6.08. The molecule has 0 unspecified atom stereocenters. The normalized spacial score (nSPS) is 15.8. The van der Waals surface area contributed by atoms with Gasteiger partial charge in [0.1, 0.15) is 0 Å². The number of sulfonamides is 1. The quantitative estimate of drug-likeness (QED) is 0.793. The van der Waals surface area contributed by atoms with Gasteiger partial charge in [0.15, 0.2) is 5.82 Å². The number of carbonyl (C=O) groups excluding carboxylic acids is 1. The molecule has 1 amide bonds. The number of rotatable bonds is 5. The molecule has 1 fully saturated rings. The third-order valence-electron chi connectivity index (χ3n) is 4.08. The van der Waals surface area contributed by atoms with Gasteiger partial charge in [-0.2, -0.15) is 9.29 Å². The SMILES string of the molecule is Cc1noc(CN(C)C(=O)c2cccc(S(=O)(=O)N3CCNCC3)c2)n1. The standard InChI is InChI=1S/C16H21N5O4S/c1-12-18-15(25-19-12)11-20(2)16(22)13-4-3-5-14(10-13)26(23,24)21-8-6-17-7-9-21/h3-5,10,17H,6-9,11H2,1-2H3. The third kappa shape index (κ3) is 3.92. The van der Waals surface area contributed by atoms with Crippen molar-refractivity contribution >= 4 is 15.9 Å². The maximum atomic E-state index is 12.8. The monoisotopic (exact) mass is 379 g/mol. The second-order valence-corrected chi connectivity index (χ2v) is 8.02. The number of hydrogen-bond donors (Lipinski definition) is 1. The Kier molecular flexibility index (Phi) is 5.35. The number of nitrogens with zero attached hydrogens (tertiary/aromatic N) is 4. The molecule has 2 aromatic rings. The molecular formula is C16H21N5O4S. The molecule has 1 saturated heterocycles. The molecule has 0 atom stereocenters. The minimum Gasteiger partial charge on any atom is -0.337 e. The van der Waals surface area contributed by atoms with Crippen molar-refractivity contribution in [3.05, 3.63) is 41.5 Å². The fraction of sp³-hybridized carbons (Fsp3) is 0.438. The van der Waals surface area contributed by atoms with Gasteiger partial charge in [-0.25, -0.2) is 8.42 Å².